The maximum absolute atomic E-state index is 13.1. The van der Waals surface area contributed by atoms with Crippen LogP contribution in [-0.4, -0.2) is 96.7 Å². The maximum atomic E-state index is 13.1. The van der Waals surface area contributed by atoms with Gasteiger partial charge in [-0.05, 0) is 37.5 Å². The Bertz CT molecular complexity index is 1820. The molecule has 0 aromatic rings. The van der Waals surface area contributed by atoms with Crippen molar-refractivity contribution in [3.63, 3.8) is 0 Å². The Balaban J connectivity index is 5.22. The zero-order valence-electron chi connectivity index (χ0n) is 61.3. The van der Waals surface area contributed by atoms with Crippen LogP contribution in [0.25, 0.3) is 0 Å². The molecule has 0 rings (SSSR count). The lowest BCUT2D eigenvalue weighted by atomic mass is 9.99. The lowest BCUT2D eigenvalue weighted by molar-refractivity contribution is -0.161. The van der Waals surface area contributed by atoms with E-state index in [9.17, 15) is 43.2 Å². The number of esters is 4. The second-order valence-electron chi connectivity index (χ2n) is 27.8. The van der Waals surface area contributed by atoms with Crippen molar-refractivity contribution in [2.45, 2.75) is 407 Å². The first-order chi connectivity index (χ1) is 45.4. The summed E-state index contributed by atoms with van der Waals surface area (Å²) in [5.41, 5.74) is 0. The molecule has 19 heteroatoms. The molecule has 3 N–H and O–H groups in total. The number of carbonyl (C=O) groups excluding carboxylic acids is 4. The molecule has 6 atom stereocenters. The number of aliphatic hydroxyl groups is 1. The van der Waals surface area contributed by atoms with Crippen molar-refractivity contribution in [2.24, 2.45) is 11.8 Å². The molecular formula is C75H146O17P2. The van der Waals surface area contributed by atoms with E-state index in [2.05, 4.69) is 41.5 Å². The highest BCUT2D eigenvalue weighted by atomic mass is 31.2. The summed E-state index contributed by atoms with van der Waals surface area (Å²) in [4.78, 5) is 72.7. The fraction of sp³-hybridized carbons (Fsp3) is 0.947. The minimum atomic E-state index is -4.96. The van der Waals surface area contributed by atoms with Gasteiger partial charge in [-0.25, -0.2) is 9.13 Å². The zero-order valence-corrected chi connectivity index (χ0v) is 63.1. The van der Waals surface area contributed by atoms with Crippen LogP contribution in [0.3, 0.4) is 0 Å². The number of phosphoric ester groups is 2. The molecule has 0 amide bonds. The van der Waals surface area contributed by atoms with Crippen LogP contribution in [0.15, 0.2) is 0 Å². The summed E-state index contributed by atoms with van der Waals surface area (Å²) < 4.78 is 68.4. The van der Waals surface area contributed by atoms with Gasteiger partial charge >= 0.3 is 39.5 Å². The van der Waals surface area contributed by atoms with E-state index in [4.69, 9.17) is 37.0 Å². The molecule has 94 heavy (non-hydrogen) atoms. The van der Waals surface area contributed by atoms with Crippen LogP contribution in [0.1, 0.15) is 388 Å². The van der Waals surface area contributed by atoms with E-state index in [-0.39, 0.29) is 25.7 Å². The summed E-state index contributed by atoms with van der Waals surface area (Å²) in [6.07, 6.45) is 54.1. The van der Waals surface area contributed by atoms with E-state index < -0.39 is 97.5 Å². The molecule has 0 heterocycles. The largest absolute Gasteiger partial charge is 0.472 e. The van der Waals surface area contributed by atoms with Crippen LogP contribution >= 0.6 is 15.6 Å². The van der Waals surface area contributed by atoms with Gasteiger partial charge in [0.15, 0.2) is 12.2 Å². The molecular weight excluding hydrogens is 1230 g/mol. The first kappa shape index (κ1) is 92.1. The van der Waals surface area contributed by atoms with Gasteiger partial charge in [0.25, 0.3) is 0 Å². The molecule has 0 saturated heterocycles. The molecule has 558 valence electrons. The van der Waals surface area contributed by atoms with Crippen LogP contribution in [0.2, 0.25) is 0 Å². The van der Waals surface area contributed by atoms with Crippen molar-refractivity contribution in [3.8, 4) is 0 Å². The van der Waals surface area contributed by atoms with E-state index >= 15 is 0 Å². The van der Waals surface area contributed by atoms with Crippen molar-refractivity contribution in [2.75, 3.05) is 39.6 Å². The number of hydrogen-bond acceptors (Lipinski definition) is 15. The fourth-order valence-electron chi connectivity index (χ4n) is 11.4. The number of rotatable bonds is 74. The number of carbonyl (C=O) groups is 4. The van der Waals surface area contributed by atoms with E-state index in [1.54, 1.807) is 0 Å². The Morgan fingerprint density at radius 2 is 0.543 bits per heavy atom. The van der Waals surface area contributed by atoms with Crippen molar-refractivity contribution in [1.29, 1.82) is 0 Å². The Morgan fingerprint density at radius 3 is 0.809 bits per heavy atom. The normalized spacial score (nSPS) is 14.3. The molecule has 0 aromatic carbocycles. The van der Waals surface area contributed by atoms with Crippen LogP contribution in [0.4, 0.5) is 0 Å². The molecule has 0 spiro atoms. The Kier molecular flexibility index (Phi) is 65.5. The second kappa shape index (κ2) is 66.9. The minimum absolute atomic E-state index is 0.105. The lowest BCUT2D eigenvalue weighted by Crippen LogP contribution is -2.30. The van der Waals surface area contributed by atoms with Gasteiger partial charge in [0.2, 0.25) is 0 Å². The highest BCUT2D eigenvalue weighted by Crippen LogP contribution is 2.45. The number of hydrogen-bond donors (Lipinski definition) is 3. The van der Waals surface area contributed by atoms with Gasteiger partial charge in [0, 0.05) is 25.7 Å². The molecule has 0 aliphatic heterocycles. The maximum Gasteiger partial charge on any atom is 0.472 e. The molecule has 0 saturated carbocycles. The van der Waals surface area contributed by atoms with Gasteiger partial charge in [0.05, 0.1) is 26.4 Å². The van der Waals surface area contributed by atoms with Crippen molar-refractivity contribution in [1.82, 2.24) is 0 Å². The quantitative estimate of drug-likeness (QED) is 0.0222. The van der Waals surface area contributed by atoms with Gasteiger partial charge in [-0.1, -0.05) is 337 Å². The van der Waals surface area contributed by atoms with E-state index in [0.29, 0.717) is 25.7 Å². The topological polar surface area (TPSA) is 237 Å². The number of unbranched alkanes of at least 4 members (excludes halogenated alkanes) is 43. The summed E-state index contributed by atoms with van der Waals surface area (Å²) in [5, 5.41) is 10.6. The summed E-state index contributed by atoms with van der Waals surface area (Å²) in [6, 6.07) is 0. The van der Waals surface area contributed by atoms with Gasteiger partial charge in [-0.2, -0.15) is 0 Å². The third-order valence-corrected chi connectivity index (χ3v) is 19.7. The lowest BCUT2D eigenvalue weighted by Gasteiger charge is -2.21. The van der Waals surface area contributed by atoms with E-state index in [1.807, 2.05) is 0 Å². The third kappa shape index (κ3) is 67.3. The number of ether oxygens (including phenoxy) is 4. The Hall–Kier alpha value is -1.94. The summed E-state index contributed by atoms with van der Waals surface area (Å²) in [7, 11) is -9.91. The average molecular weight is 1380 g/mol. The molecule has 0 fully saturated rings. The van der Waals surface area contributed by atoms with Crippen molar-refractivity contribution in [3.05, 3.63) is 0 Å². The molecule has 3 unspecified atom stereocenters. The Labute approximate surface area is 575 Å². The van der Waals surface area contributed by atoms with Gasteiger partial charge in [0.1, 0.15) is 19.3 Å². The molecule has 0 bridgehead atoms. The molecule has 0 aliphatic carbocycles. The SMILES string of the molecule is CCCCCCCCCCCCCCCCCCCC(=O)OC[C@H](COP(=O)(O)OC[C@@H](O)COP(=O)(O)OC[C@@H](COC(=O)CCCCCCCCCC)OC(=O)CCCCCCCCCCC(C)CC)OC(=O)CCCCCCCCCCCCCCCCC(C)C. The van der Waals surface area contributed by atoms with Crippen LogP contribution in [0, 0.1) is 11.8 Å². The second-order valence-corrected chi connectivity index (χ2v) is 30.7. The highest BCUT2D eigenvalue weighted by molar-refractivity contribution is 7.47. The van der Waals surface area contributed by atoms with Crippen LogP contribution < -0.4 is 0 Å². The van der Waals surface area contributed by atoms with Gasteiger partial charge in [-0.15, -0.1) is 0 Å². The van der Waals surface area contributed by atoms with E-state index in [0.717, 1.165) is 108 Å². The molecule has 0 aliphatic rings. The molecule has 0 radical (unpaired) electrons. The predicted molar refractivity (Wildman–Crippen MR) is 381 cm³/mol. The first-order valence-electron chi connectivity index (χ1n) is 39.0. The van der Waals surface area contributed by atoms with Crippen molar-refractivity contribution >= 4 is 39.5 Å². The molecule has 17 nitrogen and oxygen atoms in total. The highest BCUT2D eigenvalue weighted by Gasteiger charge is 2.30. The van der Waals surface area contributed by atoms with Gasteiger partial charge in [-0.3, -0.25) is 37.3 Å². The summed E-state index contributed by atoms with van der Waals surface area (Å²) >= 11 is 0. The number of aliphatic hydroxyl groups excluding tert-OH is 1. The smallest absolute Gasteiger partial charge is 0.462 e. The monoisotopic (exact) mass is 1380 g/mol. The predicted octanol–water partition coefficient (Wildman–Crippen LogP) is 21.9. The minimum Gasteiger partial charge on any atom is -0.462 e. The first-order valence-corrected chi connectivity index (χ1v) is 42.0. The third-order valence-electron chi connectivity index (χ3n) is 17.8. The van der Waals surface area contributed by atoms with Crippen LogP contribution in [0.5, 0.6) is 0 Å². The summed E-state index contributed by atoms with van der Waals surface area (Å²) in [5.74, 6) is -0.555. The van der Waals surface area contributed by atoms with E-state index in [1.165, 1.54) is 199 Å². The fourth-order valence-corrected chi connectivity index (χ4v) is 13.0. The zero-order chi connectivity index (χ0) is 69.3. The Morgan fingerprint density at radius 1 is 0.309 bits per heavy atom. The van der Waals surface area contributed by atoms with Gasteiger partial charge < -0.3 is 33.8 Å². The van der Waals surface area contributed by atoms with Crippen molar-refractivity contribution < 1.29 is 80.2 Å². The van der Waals surface area contributed by atoms with Crippen LogP contribution in [-0.2, 0) is 65.4 Å². The standard InChI is InChI=1S/C75H146O17P2/c1-7-10-12-14-16-18-19-20-21-22-23-27-30-33-40-46-52-58-73(78)86-64-71(91-74(79)59-53-47-41-34-31-28-25-24-26-29-32-37-43-49-55-67(4)5)66-90-94(83,84)88-62-69(76)61-87-93(81,82)89-65-70(63-85-72(77)57-51-45-39-17-15-13-11-8-2)92-75(80)60-54-48-42-36-35-38-44-50-56-68(6)9-3/h67-71,76H,7-66H2,1-6H3,(H,81,82)(H,83,84)/t68?,69-,70+,71+/m0/s1. The number of phosphoric acid groups is 2. The molecule has 0 aromatic heterocycles. The summed E-state index contributed by atoms with van der Waals surface area (Å²) in [6.45, 7) is 9.58. The average Bonchev–Trinajstić information content (AvgIpc) is 1.65.